The molecule has 166 valence electrons. The molecule has 1 aromatic carbocycles. The first kappa shape index (κ1) is 24.2. The highest BCUT2D eigenvalue weighted by Gasteiger charge is 2.34. The molecule has 1 saturated heterocycles. The number of piperidine rings is 1. The van der Waals surface area contributed by atoms with E-state index < -0.39 is 6.04 Å². The van der Waals surface area contributed by atoms with Gasteiger partial charge in [0.2, 0.25) is 11.8 Å². The summed E-state index contributed by atoms with van der Waals surface area (Å²) < 4.78 is 0. The second kappa shape index (κ2) is 11.3. The van der Waals surface area contributed by atoms with Crippen LogP contribution in [0.5, 0.6) is 0 Å². The molecular formula is C23H34ClN3O3. The van der Waals surface area contributed by atoms with E-state index in [9.17, 15) is 14.4 Å². The largest absolute Gasteiger partial charge is 0.354 e. The van der Waals surface area contributed by atoms with E-state index in [-0.39, 0.29) is 29.6 Å². The van der Waals surface area contributed by atoms with Crippen molar-refractivity contribution < 1.29 is 14.4 Å². The molecule has 1 unspecified atom stereocenters. The normalized spacial score (nSPS) is 15.9. The molecule has 0 saturated carbocycles. The summed E-state index contributed by atoms with van der Waals surface area (Å²) in [4.78, 5) is 39.7. The lowest BCUT2D eigenvalue weighted by Crippen LogP contribution is -2.54. The van der Waals surface area contributed by atoms with Crippen molar-refractivity contribution in [1.82, 2.24) is 15.5 Å². The second-order valence-corrected chi connectivity index (χ2v) is 9.36. The van der Waals surface area contributed by atoms with E-state index in [0.29, 0.717) is 55.4 Å². The minimum atomic E-state index is -0.567. The maximum Gasteiger partial charge on any atom is 0.253 e. The molecular weight excluding hydrogens is 402 g/mol. The van der Waals surface area contributed by atoms with Crippen molar-refractivity contribution in [2.45, 2.75) is 53.0 Å². The van der Waals surface area contributed by atoms with Crippen LogP contribution in [0.1, 0.15) is 57.3 Å². The van der Waals surface area contributed by atoms with Crippen LogP contribution >= 0.6 is 11.6 Å². The zero-order valence-electron chi connectivity index (χ0n) is 18.4. The van der Waals surface area contributed by atoms with Crippen LogP contribution in [-0.4, -0.2) is 48.3 Å². The Kier molecular flexibility index (Phi) is 9.15. The number of hydrogen-bond donors (Lipinski definition) is 2. The minimum absolute atomic E-state index is 0.00235. The molecule has 1 fully saturated rings. The fourth-order valence-corrected chi connectivity index (χ4v) is 3.75. The van der Waals surface area contributed by atoms with Gasteiger partial charge in [-0.25, -0.2) is 0 Å². The Bertz CT molecular complexity index is 726. The summed E-state index contributed by atoms with van der Waals surface area (Å²) in [5.41, 5.74) is 0.606. The topological polar surface area (TPSA) is 78.5 Å². The highest BCUT2D eigenvalue weighted by atomic mass is 35.5. The van der Waals surface area contributed by atoms with Crippen LogP contribution in [0.15, 0.2) is 24.3 Å². The van der Waals surface area contributed by atoms with Crippen LogP contribution < -0.4 is 10.6 Å². The number of benzene rings is 1. The van der Waals surface area contributed by atoms with Crippen molar-refractivity contribution in [1.29, 1.82) is 0 Å². The van der Waals surface area contributed by atoms with Crippen molar-refractivity contribution >= 4 is 29.3 Å². The average Bonchev–Trinajstić information content (AvgIpc) is 2.70. The van der Waals surface area contributed by atoms with Gasteiger partial charge in [0.1, 0.15) is 6.04 Å². The SMILES string of the molecule is CC(C)CNC(=O)C(NC(=O)CC(C)C)C1CCN(C(=O)c2ccc(Cl)cc2)CC1. The number of nitrogens with zero attached hydrogens (tertiary/aromatic N) is 1. The number of halogens is 1. The molecule has 0 aliphatic carbocycles. The third-order valence-electron chi connectivity index (χ3n) is 5.27. The van der Waals surface area contributed by atoms with Crippen LogP contribution in [-0.2, 0) is 9.59 Å². The molecule has 0 aromatic heterocycles. The summed E-state index contributed by atoms with van der Waals surface area (Å²) in [6.07, 6.45) is 1.73. The third-order valence-corrected chi connectivity index (χ3v) is 5.52. The standard InChI is InChI=1S/C23H34ClN3O3/c1-15(2)13-20(28)26-21(22(29)25-14-16(3)4)17-9-11-27(12-10-17)23(30)18-5-7-19(24)8-6-18/h5-8,15-17,21H,9-14H2,1-4H3,(H,25,29)(H,26,28). The van der Waals surface area contributed by atoms with Gasteiger partial charge in [0.15, 0.2) is 0 Å². The molecule has 0 bridgehead atoms. The molecule has 1 heterocycles. The molecule has 7 heteroatoms. The van der Waals surface area contributed by atoms with Gasteiger partial charge in [-0.15, -0.1) is 0 Å². The van der Waals surface area contributed by atoms with Gasteiger partial charge >= 0.3 is 0 Å². The number of likely N-dealkylation sites (tertiary alicyclic amines) is 1. The van der Waals surface area contributed by atoms with E-state index >= 15 is 0 Å². The van der Waals surface area contributed by atoms with Gasteiger partial charge in [-0.3, -0.25) is 14.4 Å². The van der Waals surface area contributed by atoms with E-state index in [0.717, 1.165) is 0 Å². The van der Waals surface area contributed by atoms with Crippen molar-refractivity contribution in [2.75, 3.05) is 19.6 Å². The van der Waals surface area contributed by atoms with E-state index in [1.165, 1.54) is 0 Å². The number of nitrogens with one attached hydrogen (secondary N) is 2. The first-order valence-electron chi connectivity index (χ1n) is 10.8. The molecule has 6 nitrogen and oxygen atoms in total. The van der Waals surface area contributed by atoms with Crippen LogP contribution in [0.25, 0.3) is 0 Å². The Morgan fingerprint density at radius 2 is 1.63 bits per heavy atom. The van der Waals surface area contributed by atoms with E-state index in [1.807, 2.05) is 27.7 Å². The molecule has 3 amide bonds. The molecule has 1 aromatic rings. The molecule has 0 radical (unpaired) electrons. The Morgan fingerprint density at radius 3 is 2.17 bits per heavy atom. The van der Waals surface area contributed by atoms with Gasteiger partial charge in [-0.1, -0.05) is 39.3 Å². The Labute approximate surface area is 184 Å². The second-order valence-electron chi connectivity index (χ2n) is 8.92. The summed E-state index contributed by atoms with van der Waals surface area (Å²) in [6.45, 7) is 9.72. The monoisotopic (exact) mass is 435 g/mol. The van der Waals surface area contributed by atoms with Crippen molar-refractivity contribution in [3.8, 4) is 0 Å². The summed E-state index contributed by atoms with van der Waals surface area (Å²) in [5.74, 6) is 0.290. The van der Waals surface area contributed by atoms with Gasteiger partial charge < -0.3 is 15.5 Å². The lowest BCUT2D eigenvalue weighted by atomic mass is 9.88. The fourth-order valence-electron chi connectivity index (χ4n) is 3.63. The molecule has 1 aliphatic heterocycles. The summed E-state index contributed by atoms with van der Waals surface area (Å²) in [6, 6.07) is 6.31. The van der Waals surface area contributed by atoms with Crippen molar-refractivity contribution in [2.24, 2.45) is 17.8 Å². The van der Waals surface area contributed by atoms with Crippen LogP contribution in [0.4, 0.5) is 0 Å². The Morgan fingerprint density at radius 1 is 1.03 bits per heavy atom. The van der Waals surface area contributed by atoms with Crippen LogP contribution in [0.2, 0.25) is 5.02 Å². The molecule has 2 N–H and O–H groups in total. The smallest absolute Gasteiger partial charge is 0.253 e. The van der Waals surface area contributed by atoms with Gasteiger partial charge in [0.25, 0.3) is 5.91 Å². The van der Waals surface area contributed by atoms with Crippen LogP contribution in [0.3, 0.4) is 0 Å². The number of amides is 3. The van der Waals surface area contributed by atoms with Crippen LogP contribution in [0, 0.1) is 17.8 Å². The first-order chi connectivity index (χ1) is 14.2. The average molecular weight is 436 g/mol. The quantitative estimate of drug-likeness (QED) is 0.656. The van der Waals surface area contributed by atoms with E-state index in [1.54, 1.807) is 29.2 Å². The summed E-state index contributed by atoms with van der Waals surface area (Å²) in [7, 11) is 0. The molecule has 1 aliphatic rings. The minimum Gasteiger partial charge on any atom is -0.354 e. The number of carbonyl (C=O) groups excluding carboxylic acids is 3. The number of rotatable bonds is 8. The first-order valence-corrected chi connectivity index (χ1v) is 11.2. The van der Waals surface area contributed by atoms with Crippen molar-refractivity contribution in [3.05, 3.63) is 34.9 Å². The predicted octanol–water partition coefficient (Wildman–Crippen LogP) is 3.50. The third kappa shape index (κ3) is 7.31. The van der Waals surface area contributed by atoms with E-state index in [4.69, 9.17) is 11.6 Å². The maximum absolute atomic E-state index is 12.8. The highest BCUT2D eigenvalue weighted by molar-refractivity contribution is 6.30. The van der Waals surface area contributed by atoms with Gasteiger partial charge in [-0.05, 0) is 54.9 Å². The lowest BCUT2D eigenvalue weighted by Gasteiger charge is -2.36. The fraction of sp³-hybridized carbons (Fsp3) is 0.609. The zero-order valence-corrected chi connectivity index (χ0v) is 19.2. The van der Waals surface area contributed by atoms with E-state index in [2.05, 4.69) is 10.6 Å². The molecule has 30 heavy (non-hydrogen) atoms. The van der Waals surface area contributed by atoms with Gasteiger partial charge in [0, 0.05) is 36.6 Å². The Balaban J connectivity index is 2.01. The number of carbonyl (C=O) groups is 3. The molecule has 1 atom stereocenters. The summed E-state index contributed by atoms with van der Waals surface area (Å²) in [5, 5.41) is 6.51. The maximum atomic E-state index is 12.8. The zero-order chi connectivity index (χ0) is 22.3. The van der Waals surface area contributed by atoms with Gasteiger partial charge in [-0.2, -0.15) is 0 Å². The lowest BCUT2D eigenvalue weighted by molar-refractivity contribution is -0.131. The molecule has 0 spiro atoms. The molecule has 2 rings (SSSR count). The number of hydrogen-bond acceptors (Lipinski definition) is 3. The van der Waals surface area contributed by atoms with Crippen molar-refractivity contribution in [3.63, 3.8) is 0 Å². The van der Waals surface area contributed by atoms with Gasteiger partial charge in [0.05, 0.1) is 0 Å². The Hall–Kier alpha value is -2.08. The summed E-state index contributed by atoms with van der Waals surface area (Å²) >= 11 is 5.91. The predicted molar refractivity (Wildman–Crippen MR) is 119 cm³/mol. The highest BCUT2D eigenvalue weighted by Crippen LogP contribution is 2.23.